The van der Waals surface area contributed by atoms with Crippen molar-refractivity contribution in [2.45, 2.75) is 30.3 Å². The van der Waals surface area contributed by atoms with Crippen LogP contribution in [0.2, 0.25) is 0 Å². The van der Waals surface area contributed by atoms with E-state index in [9.17, 15) is 13.2 Å². The van der Waals surface area contributed by atoms with Crippen molar-refractivity contribution in [3.63, 3.8) is 0 Å². The molecule has 0 radical (unpaired) electrons. The predicted molar refractivity (Wildman–Crippen MR) is 111 cm³/mol. The van der Waals surface area contributed by atoms with Gasteiger partial charge in [0.25, 0.3) is 5.91 Å². The van der Waals surface area contributed by atoms with Crippen molar-refractivity contribution in [1.82, 2.24) is 9.62 Å². The topological polar surface area (TPSA) is 78.8 Å². The fourth-order valence-corrected chi connectivity index (χ4v) is 5.27. The molecule has 1 fully saturated rings. The first-order valence-electron chi connectivity index (χ1n) is 9.04. The van der Waals surface area contributed by atoms with Gasteiger partial charge in [-0.3, -0.25) is 9.79 Å². The first kappa shape index (κ1) is 19.3. The second-order valence-electron chi connectivity index (χ2n) is 7.17. The minimum Gasteiger partial charge on any atom is -0.326 e. The zero-order valence-corrected chi connectivity index (χ0v) is 17.8. The number of piperidine rings is 1. The molecule has 8 heteroatoms. The predicted octanol–water partition coefficient (Wildman–Crippen LogP) is 2.86. The third kappa shape index (κ3) is 3.52. The molecular formula is C20H20BrN3O3S. The van der Waals surface area contributed by atoms with E-state index >= 15 is 0 Å². The minimum atomic E-state index is -3.54. The number of hydrogen-bond acceptors (Lipinski definition) is 4. The van der Waals surface area contributed by atoms with Crippen LogP contribution in [0.15, 0.2) is 62.9 Å². The van der Waals surface area contributed by atoms with Crippen molar-refractivity contribution in [3.05, 3.63) is 64.1 Å². The van der Waals surface area contributed by atoms with Gasteiger partial charge in [0.2, 0.25) is 10.0 Å². The Morgan fingerprint density at radius 2 is 1.64 bits per heavy atom. The van der Waals surface area contributed by atoms with Crippen molar-refractivity contribution >= 4 is 37.6 Å². The van der Waals surface area contributed by atoms with E-state index in [1.807, 2.05) is 31.2 Å². The van der Waals surface area contributed by atoms with Crippen LogP contribution >= 0.6 is 15.9 Å². The van der Waals surface area contributed by atoms with Crippen LogP contribution in [0.1, 0.15) is 24.0 Å². The van der Waals surface area contributed by atoms with Crippen molar-refractivity contribution in [2.24, 2.45) is 4.99 Å². The van der Waals surface area contributed by atoms with E-state index in [2.05, 4.69) is 26.2 Å². The molecule has 0 saturated carbocycles. The lowest BCUT2D eigenvalue weighted by Gasteiger charge is -2.36. The van der Waals surface area contributed by atoms with Gasteiger partial charge in [-0.25, -0.2) is 8.42 Å². The molecule has 0 aliphatic carbocycles. The summed E-state index contributed by atoms with van der Waals surface area (Å²) >= 11 is 3.38. The van der Waals surface area contributed by atoms with Crippen LogP contribution in [0, 0.1) is 6.92 Å². The van der Waals surface area contributed by atoms with Gasteiger partial charge < -0.3 is 5.32 Å². The summed E-state index contributed by atoms with van der Waals surface area (Å²) in [6.45, 7) is 2.55. The Morgan fingerprint density at radius 3 is 2.25 bits per heavy atom. The summed E-state index contributed by atoms with van der Waals surface area (Å²) in [5.74, 6) is -0.211. The van der Waals surface area contributed by atoms with Gasteiger partial charge >= 0.3 is 0 Å². The molecule has 28 heavy (non-hydrogen) atoms. The van der Waals surface area contributed by atoms with Gasteiger partial charge in [-0.15, -0.1) is 0 Å². The zero-order valence-electron chi connectivity index (χ0n) is 15.4. The average molecular weight is 462 g/mol. The molecule has 2 heterocycles. The Balaban J connectivity index is 1.53. The maximum absolute atomic E-state index is 12.9. The van der Waals surface area contributed by atoms with Crippen LogP contribution < -0.4 is 5.32 Å². The standard InChI is InChI=1S/C20H20BrN3O3S/c1-14-2-8-17(9-3-14)28(26,27)24-12-10-20(11-13-24)22-18(19(25)23-20)15-4-6-16(21)7-5-15/h2-9H,10-13H2,1H3,(H,23,25). The maximum Gasteiger partial charge on any atom is 0.272 e. The van der Waals surface area contributed by atoms with E-state index in [1.165, 1.54) is 4.31 Å². The Kier molecular flexibility index (Phi) is 4.89. The van der Waals surface area contributed by atoms with E-state index in [0.717, 1.165) is 15.6 Å². The van der Waals surface area contributed by atoms with Crippen LogP contribution in [0.5, 0.6) is 0 Å². The highest BCUT2D eigenvalue weighted by Gasteiger charge is 2.44. The second-order valence-corrected chi connectivity index (χ2v) is 10.0. The van der Waals surface area contributed by atoms with E-state index in [-0.39, 0.29) is 5.91 Å². The molecule has 2 aromatic rings. The number of amides is 1. The number of carbonyl (C=O) groups is 1. The number of rotatable bonds is 3. The van der Waals surface area contributed by atoms with Gasteiger partial charge in [0.1, 0.15) is 11.4 Å². The average Bonchev–Trinajstić information content (AvgIpc) is 2.99. The molecule has 6 nitrogen and oxygen atoms in total. The van der Waals surface area contributed by atoms with Gasteiger partial charge in [-0.1, -0.05) is 45.8 Å². The number of aryl methyl sites for hydroxylation is 1. The van der Waals surface area contributed by atoms with Crippen LogP contribution in [0.4, 0.5) is 0 Å². The summed E-state index contributed by atoms with van der Waals surface area (Å²) < 4.78 is 28.2. The Labute approximate surface area is 172 Å². The lowest BCUT2D eigenvalue weighted by atomic mass is 10.00. The Morgan fingerprint density at radius 1 is 1.04 bits per heavy atom. The van der Waals surface area contributed by atoms with Crippen LogP contribution in [0.25, 0.3) is 0 Å². The number of nitrogens with one attached hydrogen (secondary N) is 1. The van der Waals surface area contributed by atoms with Crippen LogP contribution in [-0.2, 0) is 14.8 Å². The highest BCUT2D eigenvalue weighted by Crippen LogP contribution is 2.31. The molecule has 2 aliphatic rings. The van der Waals surface area contributed by atoms with Crippen LogP contribution in [0.3, 0.4) is 0 Å². The molecule has 1 spiro atoms. The number of nitrogens with zero attached hydrogens (tertiary/aromatic N) is 2. The largest absolute Gasteiger partial charge is 0.326 e. The SMILES string of the molecule is Cc1ccc(S(=O)(=O)N2CCC3(CC2)N=C(c2ccc(Br)cc2)C(=O)N3)cc1. The quantitative estimate of drug-likeness (QED) is 0.762. The molecule has 0 atom stereocenters. The van der Waals surface area contributed by atoms with Gasteiger partial charge in [0.05, 0.1) is 4.90 Å². The third-order valence-electron chi connectivity index (χ3n) is 5.21. The molecule has 2 aliphatic heterocycles. The molecule has 2 aromatic carbocycles. The first-order valence-corrected chi connectivity index (χ1v) is 11.3. The monoisotopic (exact) mass is 461 g/mol. The molecule has 1 amide bonds. The van der Waals surface area contributed by atoms with Crippen LogP contribution in [-0.4, -0.2) is 43.1 Å². The first-order chi connectivity index (χ1) is 13.3. The number of aliphatic imine (C=N–C) groups is 1. The summed E-state index contributed by atoms with van der Waals surface area (Å²) in [5, 5.41) is 2.98. The number of carbonyl (C=O) groups excluding carboxylic acids is 1. The molecule has 146 valence electrons. The molecule has 1 N–H and O–H groups in total. The molecule has 4 rings (SSSR count). The fourth-order valence-electron chi connectivity index (χ4n) is 3.56. The number of benzene rings is 2. The minimum absolute atomic E-state index is 0.211. The van der Waals surface area contributed by atoms with E-state index < -0.39 is 15.7 Å². The van der Waals surface area contributed by atoms with E-state index in [0.29, 0.717) is 36.5 Å². The normalized spacial score (nSPS) is 19.5. The van der Waals surface area contributed by atoms with Crippen molar-refractivity contribution < 1.29 is 13.2 Å². The van der Waals surface area contributed by atoms with Crippen molar-refractivity contribution in [1.29, 1.82) is 0 Å². The van der Waals surface area contributed by atoms with Gasteiger partial charge in [-0.05, 0) is 31.2 Å². The zero-order chi connectivity index (χ0) is 19.9. The summed E-state index contributed by atoms with van der Waals surface area (Å²) in [6.07, 6.45) is 0.897. The van der Waals surface area contributed by atoms with Gasteiger partial charge in [-0.2, -0.15) is 4.31 Å². The number of halogens is 1. The fraction of sp³-hybridized carbons (Fsp3) is 0.300. The lowest BCUT2D eigenvalue weighted by molar-refractivity contribution is -0.115. The lowest BCUT2D eigenvalue weighted by Crippen LogP contribution is -2.52. The van der Waals surface area contributed by atoms with Gasteiger partial charge in [0, 0.05) is 36.0 Å². The maximum atomic E-state index is 12.9. The number of hydrogen-bond donors (Lipinski definition) is 1. The Hall–Kier alpha value is -2.03. The second kappa shape index (κ2) is 7.09. The summed E-state index contributed by atoms with van der Waals surface area (Å²) in [7, 11) is -3.54. The van der Waals surface area contributed by atoms with Crippen molar-refractivity contribution in [2.75, 3.05) is 13.1 Å². The summed E-state index contributed by atoms with van der Waals surface area (Å²) in [6, 6.07) is 14.3. The third-order valence-corrected chi connectivity index (χ3v) is 7.65. The molecule has 0 aromatic heterocycles. The molecular weight excluding hydrogens is 442 g/mol. The van der Waals surface area contributed by atoms with E-state index in [4.69, 9.17) is 0 Å². The molecule has 0 bridgehead atoms. The Bertz CT molecular complexity index is 1040. The molecule has 0 unspecified atom stereocenters. The number of sulfonamides is 1. The molecule has 1 saturated heterocycles. The van der Waals surface area contributed by atoms with E-state index in [1.54, 1.807) is 24.3 Å². The smallest absolute Gasteiger partial charge is 0.272 e. The van der Waals surface area contributed by atoms with Gasteiger partial charge in [0.15, 0.2) is 0 Å². The van der Waals surface area contributed by atoms with Crippen molar-refractivity contribution in [3.8, 4) is 0 Å². The highest BCUT2D eigenvalue weighted by molar-refractivity contribution is 9.10. The summed E-state index contributed by atoms with van der Waals surface area (Å²) in [5.41, 5.74) is 1.45. The summed E-state index contributed by atoms with van der Waals surface area (Å²) in [4.78, 5) is 17.5. The highest BCUT2D eigenvalue weighted by atomic mass is 79.9.